The minimum atomic E-state index is 0.241. The van der Waals surface area contributed by atoms with E-state index in [1.807, 2.05) is 0 Å². The second kappa shape index (κ2) is 5.27. The highest BCUT2D eigenvalue weighted by atomic mass is 15.2. The van der Waals surface area contributed by atoms with Gasteiger partial charge in [-0.3, -0.25) is 0 Å². The number of hydrogen-bond donors (Lipinski definition) is 1. The van der Waals surface area contributed by atoms with Gasteiger partial charge in [0.2, 0.25) is 0 Å². The molecule has 1 rings (SSSR count). The lowest BCUT2D eigenvalue weighted by molar-refractivity contribution is 0.129. The first-order valence-corrected chi connectivity index (χ1v) is 7.03. The maximum absolute atomic E-state index is 3.79. The van der Waals surface area contributed by atoms with Crippen molar-refractivity contribution >= 4 is 0 Å². The zero-order chi connectivity index (χ0) is 13.3. The first kappa shape index (κ1) is 15.0. The molecule has 0 spiro atoms. The molecule has 1 aliphatic carbocycles. The van der Waals surface area contributed by atoms with Crippen LogP contribution in [0.15, 0.2) is 0 Å². The molecule has 2 atom stereocenters. The molecule has 1 fully saturated rings. The van der Waals surface area contributed by atoms with Gasteiger partial charge in [0.15, 0.2) is 0 Å². The van der Waals surface area contributed by atoms with Gasteiger partial charge < -0.3 is 10.2 Å². The Labute approximate surface area is 108 Å². The Morgan fingerprint density at radius 2 is 1.82 bits per heavy atom. The summed E-state index contributed by atoms with van der Waals surface area (Å²) in [5.74, 6) is 0.860. The number of nitrogens with zero attached hydrogens (tertiary/aromatic N) is 1. The lowest BCUT2D eigenvalue weighted by atomic mass is 9.70. The van der Waals surface area contributed by atoms with Gasteiger partial charge in [-0.2, -0.15) is 0 Å². The molecular formula is C15H32N2. The highest BCUT2D eigenvalue weighted by molar-refractivity contribution is 4.89. The maximum Gasteiger partial charge on any atom is 0.0271 e. The van der Waals surface area contributed by atoms with E-state index < -0.39 is 0 Å². The molecule has 2 unspecified atom stereocenters. The van der Waals surface area contributed by atoms with Crippen LogP contribution < -0.4 is 5.32 Å². The van der Waals surface area contributed by atoms with Crippen molar-refractivity contribution in [1.82, 2.24) is 10.2 Å². The highest BCUT2D eigenvalue weighted by Gasteiger charge is 2.32. The van der Waals surface area contributed by atoms with Gasteiger partial charge in [-0.05, 0) is 58.5 Å². The molecule has 1 saturated carbocycles. The molecule has 0 aromatic heterocycles. The first-order valence-electron chi connectivity index (χ1n) is 7.03. The van der Waals surface area contributed by atoms with Crippen LogP contribution in [0.1, 0.15) is 53.9 Å². The molecule has 2 nitrogen and oxygen atoms in total. The summed E-state index contributed by atoms with van der Waals surface area (Å²) >= 11 is 0. The minimum absolute atomic E-state index is 0.241. The van der Waals surface area contributed by atoms with Crippen LogP contribution in [-0.4, -0.2) is 37.1 Å². The van der Waals surface area contributed by atoms with Gasteiger partial charge in [-0.15, -0.1) is 0 Å². The number of hydrogen-bond acceptors (Lipinski definition) is 2. The van der Waals surface area contributed by atoms with E-state index in [1.165, 1.54) is 19.3 Å². The zero-order valence-corrected chi connectivity index (χ0v) is 12.9. The molecule has 0 bridgehead atoms. The average Bonchev–Trinajstić information content (AvgIpc) is 2.11. The predicted molar refractivity (Wildman–Crippen MR) is 76.4 cm³/mol. The van der Waals surface area contributed by atoms with Gasteiger partial charge in [0, 0.05) is 18.1 Å². The summed E-state index contributed by atoms with van der Waals surface area (Å²) in [4.78, 5) is 2.30. The van der Waals surface area contributed by atoms with E-state index in [1.54, 1.807) is 0 Å². The topological polar surface area (TPSA) is 15.3 Å². The quantitative estimate of drug-likeness (QED) is 0.812. The second-order valence-electron chi connectivity index (χ2n) is 7.70. The summed E-state index contributed by atoms with van der Waals surface area (Å²) in [5, 5.41) is 3.79. The smallest absolute Gasteiger partial charge is 0.0271 e. The van der Waals surface area contributed by atoms with Gasteiger partial charge in [0.1, 0.15) is 0 Å². The van der Waals surface area contributed by atoms with Crippen molar-refractivity contribution in [2.75, 3.05) is 20.6 Å². The molecule has 0 aromatic rings. The molecule has 2 heteroatoms. The van der Waals surface area contributed by atoms with Crippen LogP contribution in [-0.2, 0) is 0 Å². The maximum atomic E-state index is 3.79. The second-order valence-corrected chi connectivity index (χ2v) is 7.70. The molecule has 102 valence electrons. The summed E-state index contributed by atoms with van der Waals surface area (Å²) in [6.45, 7) is 12.9. The van der Waals surface area contributed by atoms with Crippen molar-refractivity contribution in [3.05, 3.63) is 0 Å². The van der Waals surface area contributed by atoms with Crippen LogP contribution in [0.5, 0.6) is 0 Å². The van der Waals surface area contributed by atoms with Gasteiger partial charge in [0.25, 0.3) is 0 Å². The third kappa shape index (κ3) is 4.59. The van der Waals surface area contributed by atoms with Crippen LogP contribution >= 0.6 is 0 Å². The highest BCUT2D eigenvalue weighted by Crippen LogP contribution is 2.38. The molecule has 0 saturated heterocycles. The van der Waals surface area contributed by atoms with Crippen molar-refractivity contribution in [1.29, 1.82) is 0 Å². The van der Waals surface area contributed by atoms with E-state index >= 15 is 0 Å². The van der Waals surface area contributed by atoms with Crippen molar-refractivity contribution in [3.63, 3.8) is 0 Å². The Balaban J connectivity index is 2.47. The molecule has 1 aliphatic rings. The first-order chi connectivity index (χ1) is 7.62. The predicted octanol–water partition coefficient (Wildman–Crippen LogP) is 3.13. The average molecular weight is 240 g/mol. The normalized spacial score (nSPS) is 29.6. The Kier molecular flexibility index (Phi) is 4.65. The summed E-state index contributed by atoms with van der Waals surface area (Å²) in [6.07, 6.45) is 4.04. The van der Waals surface area contributed by atoms with E-state index in [9.17, 15) is 0 Å². The van der Waals surface area contributed by atoms with E-state index in [0.717, 1.165) is 12.5 Å². The summed E-state index contributed by atoms with van der Waals surface area (Å²) in [7, 11) is 4.32. The molecule has 0 aromatic carbocycles. The number of nitrogens with one attached hydrogen (secondary N) is 1. The Morgan fingerprint density at radius 1 is 1.24 bits per heavy atom. The lowest BCUT2D eigenvalue weighted by Crippen LogP contribution is -2.51. The van der Waals surface area contributed by atoms with Crippen LogP contribution in [0.4, 0.5) is 0 Å². The monoisotopic (exact) mass is 240 g/mol. The molecule has 1 N–H and O–H groups in total. The Hall–Kier alpha value is -0.0800. The molecule has 0 aliphatic heterocycles. The summed E-state index contributed by atoms with van der Waals surface area (Å²) in [5.41, 5.74) is 0.752. The fourth-order valence-corrected chi connectivity index (χ4v) is 3.05. The van der Waals surface area contributed by atoms with Crippen LogP contribution in [0.2, 0.25) is 0 Å². The van der Waals surface area contributed by atoms with Crippen molar-refractivity contribution in [3.8, 4) is 0 Å². The third-order valence-electron chi connectivity index (χ3n) is 4.42. The summed E-state index contributed by atoms with van der Waals surface area (Å²) in [6, 6.07) is 0.702. The largest absolute Gasteiger partial charge is 0.312 e. The fraction of sp³-hybridized carbons (Fsp3) is 1.00. The zero-order valence-electron chi connectivity index (χ0n) is 12.9. The van der Waals surface area contributed by atoms with Crippen molar-refractivity contribution in [2.24, 2.45) is 11.3 Å². The minimum Gasteiger partial charge on any atom is -0.312 e. The molecule has 0 heterocycles. The van der Waals surface area contributed by atoms with E-state index in [-0.39, 0.29) is 5.54 Å². The summed E-state index contributed by atoms with van der Waals surface area (Å²) < 4.78 is 0. The van der Waals surface area contributed by atoms with Gasteiger partial charge in [-0.1, -0.05) is 20.8 Å². The SMILES string of the molecule is CC1CC(NCC(C)(C)N(C)C)CC(C)(C)C1. The molecule has 0 radical (unpaired) electrons. The third-order valence-corrected chi connectivity index (χ3v) is 4.42. The lowest BCUT2D eigenvalue weighted by Gasteiger charge is -2.41. The van der Waals surface area contributed by atoms with Gasteiger partial charge in [0.05, 0.1) is 0 Å². The molecule has 0 amide bonds. The molecule has 17 heavy (non-hydrogen) atoms. The van der Waals surface area contributed by atoms with E-state index in [2.05, 4.69) is 58.9 Å². The standard InChI is InChI=1S/C15H32N2/c1-12-8-13(10-14(2,3)9-12)16-11-15(4,5)17(6)7/h12-13,16H,8-11H2,1-7H3. The van der Waals surface area contributed by atoms with Crippen LogP contribution in [0.3, 0.4) is 0 Å². The van der Waals surface area contributed by atoms with Crippen molar-refractivity contribution < 1.29 is 0 Å². The van der Waals surface area contributed by atoms with Crippen LogP contribution in [0, 0.1) is 11.3 Å². The van der Waals surface area contributed by atoms with Gasteiger partial charge >= 0.3 is 0 Å². The fourth-order valence-electron chi connectivity index (χ4n) is 3.05. The van der Waals surface area contributed by atoms with E-state index in [0.29, 0.717) is 11.5 Å². The Morgan fingerprint density at radius 3 is 2.29 bits per heavy atom. The van der Waals surface area contributed by atoms with Crippen molar-refractivity contribution in [2.45, 2.75) is 65.5 Å². The van der Waals surface area contributed by atoms with Gasteiger partial charge in [-0.25, -0.2) is 0 Å². The number of likely N-dealkylation sites (N-methyl/N-ethyl adjacent to an activating group) is 1. The molecular weight excluding hydrogens is 208 g/mol. The van der Waals surface area contributed by atoms with E-state index in [4.69, 9.17) is 0 Å². The van der Waals surface area contributed by atoms with Crippen LogP contribution in [0.25, 0.3) is 0 Å². The number of rotatable bonds is 4. The Bertz CT molecular complexity index is 243.